The Bertz CT molecular complexity index is 1360. The number of hydrazone groups is 1. The molecule has 9 nitrogen and oxygen atoms in total. The molecule has 1 aromatic heterocycles. The largest absolute Gasteiger partial charge is 0.317 e. The summed E-state index contributed by atoms with van der Waals surface area (Å²) < 4.78 is 1.94. The van der Waals surface area contributed by atoms with Gasteiger partial charge >= 0.3 is 0 Å². The number of nitrogens with one attached hydrogen (secondary N) is 1. The second-order valence-electron chi connectivity index (χ2n) is 9.18. The van der Waals surface area contributed by atoms with Crippen LogP contribution in [0.2, 0.25) is 0 Å². The van der Waals surface area contributed by atoms with E-state index in [4.69, 9.17) is 5.41 Å². The lowest BCUT2D eigenvalue weighted by Gasteiger charge is -2.20. The molecule has 35 heavy (non-hydrogen) atoms. The molecule has 10 heteroatoms. The second-order valence-corrected chi connectivity index (χ2v) is 10.2. The summed E-state index contributed by atoms with van der Waals surface area (Å²) >= 11 is 1.41. The molecule has 3 heterocycles. The number of amidine groups is 2. The summed E-state index contributed by atoms with van der Waals surface area (Å²) in [6.07, 6.45) is 7.44. The number of nitro benzene ring substituents is 1. The van der Waals surface area contributed by atoms with Gasteiger partial charge in [-0.3, -0.25) is 20.3 Å². The Morgan fingerprint density at radius 3 is 2.63 bits per heavy atom. The molecule has 0 spiro atoms. The summed E-state index contributed by atoms with van der Waals surface area (Å²) in [7, 11) is 0. The lowest BCUT2D eigenvalue weighted by molar-refractivity contribution is -0.384. The van der Waals surface area contributed by atoms with Crippen molar-refractivity contribution in [3.05, 3.63) is 62.5 Å². The highest BCUT2D eigenvalue weighted by molar-refractivity contribution is 8.27. The Morgan fingerprint density at radius 2 is 1.91 bits per heavy atom. The highest BCUT2D eigenvalue weighted by Gasteiger charge is 2.38. The minimum Gasteiger partial charge on any atom is -0.317 e. The van der Waals surface area contributed by atoms with Crippen LogP contribution < -0.4 is 0 Å². The van der Waals surface area contributed by atoms with Gasteiger partial charge in [0.05, 0.1) is 16.2 Å². The first-order chi connectivity index (χ1) is 16.7. The molecule has 0 bridgehead atoms. The van der Waals surface area contributed by atoms with Crippen molar-refractivity contribution in [2.75, 3.05) is 0 Å². The number of carbonyl (C=O) groups excluding carboxylic acids is 1. The van der Waals surface area contributed by atoms with Crippen molar-refractivity contribution in [3.8, 4) is 5.69 Å². The van der Waals surface area contributed by atoms with Crippen molar-refractivity contribution in [3.63, 3.8) is 0 Å². The van der Waals surface area contributed by atoms with Crippen LogP contribution in [0.4, 0.5) is 5.69 Å². The van der Waals surface area contributed by atoms with E-state index >= 15 is 0 Å². The Morgan fingerprint density at radius 1 is 1.17 bits per heavy atom. The summed E-state index contributed by atoms with van der Waals surface area (Å²) in [4.78, 5) is 28.1. The summed E-state index contributed by atoms with van der Waals surface area (Å²) in [5.74, 6) is -0.0608. The zero-order valence-electron chi connectivity index (χ0n) is 19.9. The zero-order valence-corrected chi connectivity index (χ0v) is 20.7. The fourth-order valence-electron chi connectivity index (χ4n) is 4.93. The van der Waals surface area contributed by atoms with Gasteiger partial charge in [-0.1, -0.05) is 25.3 Å². The average Bonchev–Trinajstić information content (AvgIpc) is 3.38. The molecule has 0 unspecified atom stereocenters. The van der Waals surface area contributed by atoms with Gasteiger partial charge in [0.1, 0.15) is 5.04 Å². The van der Waals surface area contributed by atoms with Crippen molar-refractivity contribution >= 4 is 45.5 Å². The maximum atomic E-state index is 12.9. The van der Waals surface area contributed by atoms with Gasteiger partial charge in [0.25, 0.3) is 11.6 Å². The number of aromatic nitrogens is 1. The number of non-ortho nitro benzene ring substituents is 1. The van der Waals surface area contributed by atoms with Crippen LogP contribution in [-0.4, -0.2) is 36.5 Å². The van der Waals surface area contributed by atoms with Crippen LogP contribution in [0.5, 0.6) is 0 Å². The maximum Gasteiger partial charge on any atom is 0.283 e. The fraction of sp³-hybridized carbons (Fsp3) is 0.360. The number of nitro groups is 1. The first kappa shape index (κ1) is 23.2. The van der Waals surface area contributed by atoms with E-state index in [1.165, 1.54) is 42.1 Å². The summed E-state index contributed by atoms with van der Waals surface area (Å²) in [6.45, 7) is 5.71. The van der Waals surface area contributed by atoms with Crippen LogP contribution in [0, 0.1) is 42.2 Å². The molecule has 180 valence electrons. The third-order valence-electron chi connectivity index (χ3n) is 6.84. The van der Waals surface area contributed by atoms with Crippen molar-refractivity contribution < 1.29 is 9.72 Å². The number of aliphatic imine (C=N–C) groups is 1. The Balaban J connectivity index is 1.50. The van der Waals surface area contributed by atoms with Crippen LogP contribution in [0.25, 0.3) is 11.8 Å². The average molecular weight is 491 g/mol. The standard InChI is InChI=1S/C25H26N6O3S/c1-14-9-10-19(31(33)34)13-21(14)29-15(2)11-18(16(29)3)12-20-22(26)30-25(27-23(20)32)35-24(28-30)17-7-5-4-6-8-17/h9-13,17,26H,4-8H2,1-3H3. The number of nitrogens with zero attached hydrogens (tertiary/aromatic N) is 5. The van der Waals surface area contributed by atoms with Gasteiger partial charge in [0, 0.05) is 29.4 Å². The molecule has 3 aliphatic rings. The molecule has 0 atom stereocenters. The van der Waals surface area contributed by atoms with Crippen LogP contribution in [-0.2, 0) is 4.79 Å². The minimum absolute atomic E-state index is 0.0160. The number of hydrogen-bond acceptors (Lipinski definition) is 6. The molecular formula is C25H26N6O3S. The van der Waals surface area contributed by atoms with Crippen LogP contribution >= 0.6 is 11.8 Å². The highest BCUT2D eigenvalue weighted by atomic mass is 32.2. The molecule has 2 aromatic rings. The van der Waals surface area contributed by atoms with E-state index in [0.29, 0.717) is 16.8 Å². The predicted molar refractivity (Wildman–Crippen MR) is 138 cm³/mol. The monoisotopic (exact) mass is 490 g/mol. The van der Waals surface area contributed by atoms with Gasteiger partial charge in [0.15, 0.2) is 5.84 Å². The topological polar surface area (TPSA) is 117 Å². The van der Waals surface area contributed by atoms with Crippen LogP contribution in [0.15, 0.2) is 39.9 Å². The van der Waals surface area contributed by atoms with Crippen molar-refractivity contribution in [2.24, 2.45) is 16.0 Å². The molecule has 5 rings (SSSR count). The van der Waals surface area contributed by atoms with Crippen molar-refractivity contribution in [2.45, 2.75) is 52.9 Å². The summed E-state index contributed by atoms with van der Waals surface area (Å²) in [5, 5.41) is 27.6. The number of fused-ring (bicyclic) bond motifs is 1. The molecule has 1 N–H and O–H groups in total. The maximum absolute atomic E-state index is 12.9. The number of hydrogen-bond donors (Lipinski definition) is 1. The highest BCUT2D eigenvalue weighted by Crippen LogP contribution is 2.36. The van der Waals surface area contributed by atoms with E-state index in [9.17, 15) is 14.9 Å². The normalized spacial score (nSPS) is 19.7. The minimum atomic E-state index is -0.454. The number of aryl methyl sites for hydroxylation is 2. The number of benzene rings is 1. The SMILES string of the molecule is Cc1ccc([N+](=O)[O-])cc1-n1c(C)cc(C=C2C(=N)N3N=C(C4CCCCC4)SC3=NC2=O)c1C. The van der Waals surface area contributed by atoms with Crippen LogP contribution in [0.1, 0.15) is 54.6 Å². The molecule has 0 saturated heterocycles. The second kappa shape index (κ2) is 8.92. The number of rotatable bonds is 4. The van der Waals surface area contributed by atoms with E-state index in [2.05, 4.69) is 10.1 Å². The van der Waals surface area contributed by atoms with E-state index in [0.717, 1.165) is 40.4 Å². The smallest absolute Gasteiger partial charge is 0.283 e. The van der Waals surface area contributed by atoms with Gasteiger partial charge in [-0.05, 0) is 68.6 Å². The lowest BCUT2D eigenvalue weighted by Crippen LogP contribution is -2.35. The zero-order chi connectivity index (χ0) is 24.9. The molecule has 0 radical (unpaired) electrons. The van der Waals surface area contributed by atoms with Gasteiger partial charge in [-0.2, -0.15) is 15.1 Å². The Hall–Kier alpha value is -3.53. The van der Waals surface area contributed by atoms with E-state index in [-0.39, 0.29) is 17.1 Å². The van der Waals surface area contributed by atoms with Gasteiger partial charge < -0.3 is 4.57 Å². The molecule has 1 aromatic carbocycles. The fourth-order valence-corrected chi connectivity index (χ4v) is 5.99. The Kier molecular flexibility index (Phi) is 5.92. The molecule has 1 aliphatic carbocycles. The molecular weight excluding hydrogens is 464 g/mol. The van der Waals surface area contributed by atoms with Crippen LogP contribution in [0.3, 0.4) is 0 Å². The number of amides is 1. The lowest BCUT2D eigenvalue weighted by atomic mass is 9.90. The van der Waals surface area contributed by atoms with E-state index in [1.54, 1.807) is 18.2 Å². The first-order valence-corrected chi connectivity index (χ1v) is 12.5. The van der Waals surface area contributed by atoms with Crippen molar-refractivity contribution in [1.29, 1.82) is 5.41 Å². The quantitative estimate of drug-likeness (QED) is 0.344. The van der Waals surface area contributed by atoms with Gasteiger partial charge in [0.2, 0.25) is 5.17 Å². The van der Waals surface area contributed by atoms with Gasteiger partial charge in [-0.15, -0.1) is 0 Å². The van der Waals surface area contributed by atoms with Crippen molar-refractivity contribution in [1.82, 2.24) is 9.58 Å². The molecule has 2 aliphatic heterocycles. The Labute approximate surface area is 207 Å². The molecule has 1 amide bonds. The third-order valence-corrected chi connectivity index (χ3v) is 7.91. The number of carbonyl (C=O) groups is 1. The van der Waals surface area contributed by atoms with E-state index < -0.39 is 10.8 Å². The van der Waals surface area contributed by atoms with E-state index in [1.807, 2.05) is 31.4 Å². The predicted octanol–water partition coefficient (Wildman–Crippen LogP) is 5.51. The first-order valence-electron chi connectivity index (χ1n) is 11.7. The summed E-state index contributed by atoms with van der Waals surface area (Å²) in [6, 6.07) is 6.69. The summed E-state index contributed by atoms with van der Waals surface area (Å²) in [5.41, 5.74) is 4.24. The molecule has 1 saturated carbocycles. The third kappa shape index (κ3) is 4.12. The van der Waals surface area contributed by atoms with Gasteiger partial charge in [-0.25, -0.2) is 0 Å². The molecule has 1 fully saturated rings. The number of thioether (sulfide) groups is 1.